The second kappa shape index (κ2) is 10.0. The van der Waals surface area contributed by atoms with Crippen molar-refractivity contribution in [1.29, 1.82) is 0 Å². The second-order valence-corrected chi connectivity index (χ2v) is 9.79. The number of aliphatic hydroxyl groups excluding tert-OH is 7. The zero-order valence-electron chi connectivity index (χ0n) is 18.1. The van der Waals surface area contributed by atoms with Gasteiger partial charge in [-0.15, -0.1) is 0 Å². The minimum atomic E-state index is -1.46. The van der Waals surface area contributed by atoms with Crippen LogP contribution in [0.25, 0.3) is 0 Å². The van der Waals surface area contributed by atoms with Crippen LogP contribution in [-0.4, -0.2) is 128 Å². The molecule has 10 unspecified atom stereocenters. The Kier molecular flexibility index (Phi) is 7.75. The van der Waals surface area contributed by atoms with Gasteiger partial charge in [0.25, 0.3) is 0 Å². The van der Waals surface area contributed by atoms with E-state index in [0.717, 1.165) is 0 Å². The van der Waals surface area contributed by atoms with Gasteiger partial charge in [-0.3, -0.25) is 0 Å². The molecular formula is C21H37O11+. The topological polar surface area (TPSA) is 182 Å². The first kappa shape index (κ1) is 24.7. The standard InChI is InChI=1S/C21H36O11/c1-29-15-3-8(2-12(24)17(15)26)20-16(32-21-19(28)18(27)13(25)7-30-21)6-10-11(23)4-9(22)5-14(10)31-20/h8-28H,2-7H2,1H3/p+1/t8?,9?,10?,11?,12?,13-,14?,15?,16?,17?,18-,19+,20?,21-/m0/s1. The van der Waals surface area contributed by atoms with Crippen molar-refractivity contribution >= 4 is 0 Å². The van der Waals surface area contributed by atoms with E-state index < -0.39 is 67.3 Å². The molecule has 8 N–H and O–H groups in total. The normalized spacial score (nSPS) is 54.8. The molecule has 11 nitrogen and oxygen atoms in total. The van der Waals surface area contributed by atoms with Crippen molar-refractivity contribution in [3.8, 4) is 0 Å². The number of aliphatic hydroxyl groups is 9. The number of ether oxygens (including phenoxy) is 4. The second-order valence-electron chi connectivity index (χ2n) is 9.79. The minimum Gasteiger partial charge on any atom is -0.427 e. The number of hydrogen-bond donors (Lipinski definition) is 7. The first-order valence-corrected chi connectivity index (χ1v) is 11.5. The van der Waals surface area contributed by atoms with Crippen LogP contribution in [0.1, 0.15) is 32.1 Å². The van der Waals surface area contributed by atoms with E-state index >= 15 is 0 Å². The third-order valence-electron chi connectivity index (χ3n) is 7.67. The number of fused-ring (bicyclic) bond motifs is 1. The van der Waals surface area contributed by atoms with E-state index in [-0.39, 0.29) is 37.4 Å². The molecule has 0 spiro atoms. The van der Waals surface area contributed by atoms with Crippen LogP contribution >= 0.6 is 0 Å². The predicted molar refractivity (Wildman–Crippen MR) is 107 cm³/mol. The Morgan fingerprint density at radius 1 is 0.750 bits per heavy atom. The summed E-state index contributed by atoms with van der Waals surface area (Å²) in [4.78, 5) is 0. The fourth-order valence-electron chi connectivity index (χ4n) is 5.85. The molecule has 32 heavy (non-hydrogen) atoms. The lowest BCUT2D eigenvalue weighted by atomic mass is 9.72. The Balaban J connectivity index is 1.55. The Hall–Kier alpha value is -0.440. The highest BCUT2D eigenvalue weighted by Gasteiger charge is 2.55. The van der Waals surface area contributed by atoms with E-state index in [2.05, 4.69) is 0 Å². The highest BCUT2D eigenvalue weighted by Crippen LogP contribution is 2.42. The molecule has 2 heterocycles. The molecule has 186 valence electrons. The highest BCUT2D eigenvalue weighted by molar-refractivity contribution is 4.99. The maximum absolute atomic E-state index is 10.6. The summed E-state index contributed by atoms with van der Waals surface area (Å²) in [6.45, 7) is -0.196. The minimum absolute atomic E-state index is 0.196. The van der Waals surface area contributed by atoms with Gasteiger partial charge in [-0.2, -0.15) is 0 Å². The largest absolute Gasteiger partial charge is 0.427 e. The number of methoxy groups -OCH3 is 1. The molecule has 2 aliphatic heterocycles. The predicted octanol–water partition coefficient (Wildman–Crippen LogP) is -3.24. The van der Waals surface area contributed by atoms with Gasteiger partial charge < -0.3 is 54.7 Å². The maximum Gasteiger partial charge on any atom is 0.186 e. The van der Waals surface area contributed by atoms with Gasteiger partial charge in [0.1, 0.15) is 30.5 Å². The van der Waals surface area contributed by atoms with Crippen LogP contribution < -0.4 is 0 Å². The van der Waals surface area contributed by atoms with Gasteiger partial charge in [-0.1, -0.05) is 0 Å². The van der Waals surface area contributed by atoms with Gasteiger partial charge in [0, 0.05) is 25.9 Å². The summed E-state index contributed by atoms with van der Waals surface area (Å²) >= 11 is 0. The third kappa shape index (κ3) is 4.84. The summed E-state index contributed by atoms with van der Waals surface area (Å²) in [5, 5.41) is 71.4. The molecule has 0 aromatic rings. The van der Waals surface area contributed by atoms with Crippen molar-refractivity contribution in [2.45, 2.75) is 106 Å². The van der Waals surface area contributed by atoms with Crippen molar-refractivity contribution in [3.63, 3.8) is 0 Å². The lowest BCUT2D eigenvalue weighted by Gasteiger charge is -2.48. The molecule has 4 rings (SSSR count). The maximum atomic E-state index is 10.6. The van der Waals surface area contributed by atoms with Crippen molar-refractivity contribution < 1.29 is 54.7 Å². The van der Waals surface area contributed by atoms with E-state index in [9.17, 15) is 35.7 Å². The molecule has 0 aromatic heterocycles. The van der Waals surface area contributed by atoms with Gasteiger partial charge >= 0.3 is 0 Å². The third-order valence-corrected chi connectivity index (χ3v) is 7.67. The summed E-state index contributed by atoms with van der Waals surface area (Å²) in [6, 6.07) is 0. The van der Waals surface area contributed by atoms with Gasteiger partial charge in [-0.05, 0) is 19.3 Å². The number of hydrogen-bond acceptors (Lipinski definition) is 10. The zero-order valence-corrected chi connectivity index (χ0v) is 18.1. The molecule has 4 aliphatic rings. The van der Waals surface area contributed by atoms with Gasteiger partial charge in [0.05, 0.1) is 36.9 Å². The van der Waals surface area contributed by atoms with Crippen molar-refractivity contribution in [2.75, 3.05) is 13.7 Å². The average Bonchev–Trinajstić information content (AvgIpc) is 2.75. The lowest BCUT2D eigenvalue weighted by molar-refractivity contribution is -0.346. The van der Waals surface area contributed by atoms with Gasteiger partial charge in [-0.25, -0.2) is 0 Å². The Morgan fingerprint density at radius 2 is 1.50 bits per heavy atom. The van der Waals surface area contributed by atoms with E-state index in [4.69, 9.17) is 18.9 Å². The SMILES string of the molecule is COC1CC(C2[OH+]C3CC(O)CC(O)C3CC2O[C@@H]2OC[C@H](O)[C@H](O)[C@H]2O)CC(O)C1O. The van der Waals surface area contributed by atoms with Crippen molar-refractivity contribution in [3.05, 3.63) is 0 Å². The van der Waals surface area contributed by atoms with Crippen LogP contribution in [0.15, 0.2) is 0 Å². The van der Waals surface area contributed by atoms with Crippen LogP contribution in [-0.2, 0) is 14.2 Å². The molecule has 0 amide bonds. The Labute approximate surface area is 186 Å². The molecule has 2 saturated heterocycles. The number of rotatable bonds is 4. The fourth-order valence-corrected chi connectivity index (χ4v) is 5.85. The van der Waals surface area contributed by atoms with E-state index in [1.165, 1.54) is 7.11 Å². The van der Waals surface area contributed by atoms with Crippen LogP contribution in [0.3, 0.4) is 0 Å². The van der Waals surface area contributed by atoms with Gasteiger partial charge in [0.2, 0.25) is 0 Å². The van der Waals surface area contributed by atoms with Crippen molar-refractivity contribution in [2.24, 2.45) is 11.8 Å². The zero-order chi connectivity index (χ0) is 23.2. The average molecular weight is 466 g/mol. The molecule has 0 radical (unpaired) electrons. The molecule has 11 heteroatoms. The van der Waals surface area contributed by atoms with E-state index in [0.29, 0.717) is 19.3 Å². The Morgan fingerprint density at radius 3 is 2.22 bits per heavy atom. The van der Waals surface area contributed by atoms with Crippen LogP contribution in [0.5, 0.6) is 0 Å². The first-order chi connectivity index (χ1) is 15.2. The molecule has 2 aliphatic carbocycles. The quantitative estimate of drug-likeness (QED) is 0.208. The first-order valence-electron chi connectivity index (χ1n) is 11.5. The molecule has 0 aromatic carbocycles. The summed E-state index contributed by atoms with van der Waals surface area (Å²) in [7, 11) is 1.47. The van der Waals surface area contributed by atoms with Crippen molar-refractivity contribution in [1.82, 2.24) is 0 Å². The monoisotopic (exact) mass is 465 g/mol. The molecular weight excluding hydrogens is 428 g/mol. The summed E-state index contributed by atoms with van der Waals surface area (Å²) in [5.74, 6) is -0.454. The lowest BCUT2D eigenvalue weighted by Crippen LogP contribution is -2.62. The Bertz CT molecular complexity index is 623. The van der Waals surface area contributed by atoms with E-state index in [1.807, 2.05) is 0 Å². The van der Waals surface area contributed by atoms with Crippen LogP contribution in [0.2, 0.25) is 0 Å². The summed E-state index contributed by atoms with van der Waals surface area (Å²) in [5.41, 5.74) is 0. The van der Waals surface area contributed by atoms with Crippen LogP contribution in [0.4, 0.5) is 0 Å². The van der Waals surface area contributed by atoms with Gasteiger partial charge in [0.15, 0.2) is 18.5 Å². The summed E-state index contributed by atoms with van der Waals surface area (Å²) < 4.78 is 21.8. The molecule has 14 atom stereocenters. The molecule has 2 saturated carbocycles. The smallest absolute Gasteiger partial charge is 0.186 e. The van der Waals surface area contributed by atoms with E-state index in [1.54, 1.807) is 0 Å². The highest BCUT2D eigenvalue weighted by atomic mass is 16.7. The molecule has 4 fully saturated rings. The summed E-state index contributed by atoms with van der Waals surface area (Å²) in [6.07, 6.45) is -8.85. The van der Waals surface area contributed by atoms with Crippen LogP contribution in [0, 0.1) is 11.8 Å². The fraction of sp³-hybridized carbons (Fsp3) is 1.00. The molecule has 0 bridgehead atoms.